The number of carboxylic acid groups (broad SMARTS) is 2. The monoisotopic (exact) mass is 401 g/mol. The first-order valence-corrected chi connectivity index (χ1v) is 9.22. The van der Waals surface area contributed by atoms with Crippen LogP contribution in [0.2, 0.25) is 0 Å². The van der Waals surface area contributed by atoms with Crippen molar-refractivity contribution in [1.82, 2.24) is 9.80 Å². The summed E-state index contributed by atoms with van der Waals surface area (Å²) >= 11 is 0.987. The van der Waals surface area contributed by atoms with Gasteiger partial charge >= 0.3 is 12.1 Å². The highest BCUT2D eigenvalue weighted by Gasteiger charge is 2.42. The van der Waals surface area contributed by atoms with Crippen LogP contribution in [0.3, 0.4) is 0 Å². The van der Waals surface area contributed by atoms with Crippen molar-refractivity contribution < 1.29 is 29.4 Å². The summed E-state index contributed by atoms with van der Waals surface area (Å²) in [6.45, 7) is -0.155. The molecule has 1 aromatic heterocycles. The number of benzene rings is 1. The third-order valence-electron chi connectivity index (χ3n) is 5.04. The number of anilines is 1. The van der Waals surface area contributed by atoms with Gasteiger partial charge in [0.15, 0.2) is 0 Å². The Balaban J connectivity index is 1.75. The zero-order valence-electron chi connectivity index (χ0n) is 14.4. The van der Waals surface area contributed by atoms with Gasteiger partial charge in [-0.05, 0) is 24.1 Å². The van der Waals surface area contributed by atoms with Crippen LogP contribution in [-0.2, 0) is 6.42 Å². The number of thiophene rings is 1. The van der Waals surface area contributed by atoms with Crippen LogP contribution in [0, 0.1) is 0 Å². The fourth-order valence-electron chi connectivity index (χ4n) is 3.77. The molecule has 4 N–H and O–H groups in total. The number of aromatic carboxylic acids is 1. The Morgan fingerprint density at radius 1 is 1.14 bits per heavy atom. The van der Waals surface area contributed by atoms with Gasteiger partial charge in [0, 0.05) is 11.4 Å². The van der Waals surface area contributed by atoms with Gasteiger partial charge in [0.2, 0.25) is 0 Å². The van der Waals surface area contributed by atoms with Crippen LogP contribution in [0.4, 0.5) is 9.80 Å². The van der Waals surface area contributed by atoms with E-state index in [0.717, 1.165) is 21.1 Å². The van der Waals surface area contributed by atoms with Crippen LogP contribution in [0.1, 0.15) is 47.6 Å². The number of carboxylic acids is 1. The summed E-state index contributed by atoms with van der Waals surface area (Å²) in [4.78, 5) is 51.2. The molecule has 3 heterocycles. The highest BCUT2D eigenvalue weighted by Crippen LogP contribution is 2.42. The molecule has 10 heteroatoms. The van der Waals surface area contributed by atoms with Crippen molar-refractivity contribution in [2.24, 2.45) is 0 Å². The summed E-state index contributed by atoms with van der Waals surface area (Å²) in [5.41, 5.74) is 6.83. The number of amides is 3. The van der Waals surface area contributed by atoms with Crippen LogP contribution < -0.4 is 5.73 Å². The molecule has 1 unspecified atom stereocenters. The number of nitrogens with zero attached hydrogens (tertiary/aromatic N) is 2. The molecule has 2 aliphatic heterocycles. The molecule has 2 aromatic rings. The minimum absolute atomic E-state index is 0.0302. The summed E-state index contributed by atoms with van der Waals surface area (Å²) in [6.07, 6.45) is -1.01. The largest absolute Gasteiger partial charge is 0.478 e. The molecule has 0 saturated heterocycles. The van der Waals surface area contributed by atoms with Crippen LogP contribution in [0.5, 0.6) is 0 Å². The van der Waals surface area contributed by atoms with E-state index in [1.165, 1.54) is 0 Å². The van der Waals surface area contributed by atoms with Crippen LogP contribution in [-0.4, -0.2) is 57.0 Å². The lowest BCUT2D eigenvalue weighted by molar-refractivity contribution is 0.0568. The van der Waals surface area contributed by atoms with Crippen molar-refractivity contribution in [1.29, 1.82) is 0 Å². The molecule has 0 bridgehead atoms. The van der Waals surface area contributed by atoms with E-state index in [4.69, 9.17) is 5.73 Å². The number of imide groups is 1. The first kappa shape index (κ1) is 18.0. The molecular weight excluding hydrogens is 386 g/mol. The van der Waals surface area contributed by atoms with Crippen molar-refractivity contribution in [2.75, 3.05) is 18.8 Å². The molecule has 3 amide bonds. The summed E-state index contributed by atoms with van der Waals surface area (Å²) in [5.74, 6) is -2.18. The van der Waals surface area contributed by atoms with E-state index in [1.54, 1.807) is 24.3 Å². The van der Waals surface area contributed by atoms with Gasteiger partial charge < -0.3 is 15.9 Å². The topological polar surface area (TPSA) is 141 Å². The summed E-state index contributed by atoms with van der Waals surface area (Å²) in [7, 11) is 0. The number of nitrogen functional groups attached to an aromatic ring is 1. The Morgan fingerprint density at radius 2 is 1.75 bits per heavy atom. The molecule has 28 heavy (non-hydrogen) atoms. The van der Waals surface area contributed by atoms with Crippen molar-refractivity contribution >= 4 is 40.2 Å². The molecule has 0 radical (unpaired) electrons. The Kier molecular flexibility index (Phi) is 4.07. The molecule has 1 atom stereocenters. The van der Waals surface area contributed by atoms with Crippen LogP contribution in [0.15, 0.2) is 24.3 Å². The quantitative estimate of drug-likeness (QED) is 0.667. The van der Waals surface area contributed by atoms with Gasteiger partial charge in [-0.2, -0.15) is 0 Å². The second-order valence-electron chi connectivity index (χ2n) is 6.50. The molecule has 0 aliphatic carbocycles. The zero-order valence-corrected chi connectivity index (χ0v) is 15.2. The van der Waals surface area contributed by atoms with Crippen molar-refractivity contribution in [3.63, 3.8) is 0 Å². The Hall–Kier alpha value is -3.40. The fraction of sp³-hybridized carbons (Fsp3) is 0.222. The third-order valence-corrected chi connectivity index (χ3v) is 6.20. The summed E-state index contributed by atoms with van der Waals surface area (Å²) in [5, 5.41) is 19.1. The van der Waals surface area contributed by atoms with Gasteiger partial charge in [-0.3, -0.25) is 19.4 Å². The number of hydrogen-bond acceptors (Lipinski definition) is 6. The van der Waals surface area contributed by atoms with E-state index in [2.05, 4.69) is 0 Å². The number of nitrogens with two attached hydrogens (primary N) is 1. The lowest BCUT2D eigenvalue weighted by atomic mass is 9.97. The second-order valence-corrected chi connectivity index (χ2v) is 7.58. The Bertz CT molecular complexity index is 1010. The first-order chi connectivity index (χ1) is 13.3. The Morgan fingerprint density at radius 3 is 2.29 bits per heavy atom. The van der Waals surface area contributed by atoms with Gasteiger partial charge in [-0.15, -0.1) is 11.3 Å². The van der Waals surface area contributed by atoms with Crippen molar-refractivity contribution in [2.45, 2.75) is 12.5 Å². The van der Waals surface area contributed by atoms with E-state index in [9.17, 15) is 29.4 Å². The normalized spacial score (nSPS) is 18.2. The maximum atomic E-state index is 12.7. The van der Waals surface area contributed by atoms with Gasteiger partial charge in [0.05, 0.1) is 29.3 Å². The minimum atomic E-state index is -1.21. The van der Waals surface area contributed by atoms with E-state index in [1.807, 2.05) is 0 Å². The predicted octanol–water partition coefficient (Wildman–Crippen LogP) is 1.90. The van der Waals surface area contributed by atoms with Gasteiger partial charge in [-0.1, -0.05) is 12.1 Å². The van der Waals surface area contributed by atoms with E-state index in [0.29, 0.717) is 10.4 Å². The number of carbonyl (C=O) groups excluding carboxylic acids is 2. The van der Waals surface area contributed by atoms with Crippen molar-refractivity contribution in [3.8, 4) is 0 Å². The summed E-state index contributed by atoms with van der Waals surface area (Å²) < 4.78 is 0. The first-order valence-electron chi connectivity index (χ1n) is 8.40. The number of fused-ring (bicyclic) bond motifs is 2. The molecule has 0 saturated carbocycles. The fourth-order valence-corrected chi connectivity index (χ4v) is 4.99. The SMILES string of the molecule is Nc1sc2c(c1C(=O)O)CCN(C(=O)O)C2CN1C(=O)c2ccccc2C1=O. The molecule has 9 nitrogen and oxygen atoms in total. The van der Waals surface area contributed by atoms with Gasteiger partial charge in [0.25, 0.3) is 11.8 Å². The zero-order chi connectivity index (χ0) is 20.2. The van der Waals surface area contributed by atoms with E-state index < -0.39 is 29.9 Å². The molecule has 144 valence electrons. The lowest BCUT2D eigenvalue weighted by Gasteiger charge is -2.35. The predicted molar refractivity (Wildman–Crippen MR) is 98.7 cm³/mol. The third kappa shape index (κ3) is 2.53. The number of hydrogen-bond donors (Lipinski definition) is 3. The van der Waals surface area contributed by atoms with Crippen LogP contribution >= 0.6 is 11.3 Å². The average Bonchev–Trinajstić information content (AvgIpc) is 3.11. The second kappa shape index (κ2) is 6.34. The maximum absolute atomic E-state index is 12.7. The average molecular weight is 401 g/mol. The molecular formula is C18H15N3O6S. The lowest BCUT2D eigenvalue weighted by Crippen LogP contribution is -2.45. The van der Waals surface area contributed by atoms with Gasteiger partial charge in [-0.25, -0.2) is 9.59 Å². The highest BCUT2D eigenvalue weighted by molar-refractivity contribution is 7.16. The standard InChI is InChI=1S/C18H15N3O6S/c19-14-12(17(24)25)10-5-6-20(18(26)27)11(13(10)28-14)7-21-15(22)8-3-1-2-4-9(8)16(21)23/h1-4,11H,5-7,19H2,(H,24,25)(H,26,27). The molecule has 0 spiro atoms. The number of carbonyl (C=O) groups is 4. The van der Waals surface area contributed by atoms with Gasteiger partial charge in [0.1, 0.15) is 5.00 Å². The molecule has 2 aliphatic rings. The number of rotatable bonds is 3. The smallest absolute Gasteiger partial charge is 0.407 e. The molecule has 1 aromatic carbocycles. The highest BCUT2D eigenvalue weighted by atomic mass is 32.1. The Labute approximate surface area is 162 Å². The molecule has 4 rings (SSSR count). The van der Waals surface area contributed by atoms with Crippen LogP contribution in [0.25, 0.3) is 0 Å². The minimum Gasteiger partial charge on any atom is -0.478 e. The van der Waals surface area contributed by atoms with Crippen molar-refractivity contribution in [3.05, 3.63) is 51.4 Å². The maximum Gasteiger partial charge on any atom is 0.407 e. The van der Waals surface area contributed by atoms with E-state index >= 15 is 0 Å². The molecule has 0 fully saturated rings. The summed E-state index contributed by atoms with van der Waals surface area (Å²) in [6, 6.07) is 5.51. The van der Waals surface area contributed by atoms with E-state index in [-0.39, 0.29) is 41.2 Å².